The lowest BCUT2D eigenvalue weighted by atomic mass is 9.90. The van der Waals surface area contributed by atoms with E-state index in [-0.39, 0.29) is 0 Å². The molecule has 1 aliphatic rings. The smallest absolute Gasteiger partial charge is 0.122 e. The SMILES string of the molecule is COc1cc(C)c([C@H]2C[C@@H](C)CN2)c(C)c1C. The molecule has 1 aromatic rings. The summed E-state index contributed by atoms with van der Waals surface area (Å²) in [6.07, 6.45) is 1.24. The van der Waals surface area contributed by atoms with Crippen LogP contribution in [0.25, 0.3) is 0 Å². The van der Waals surface area contributed by atoms with Crippen molar-refractivity contribution >= 4 is 0 Å². The summed E-state index contributed by atoms with van der Waals surface area (Å²) in [7, 11) is 1.75. The quantitative estimate of drug-likeness (QED) is 0.846. The summed E-state index contributed by atoms with van der Waals surface area (Å²) in [5, 5.41) is 3.63. The Morgan fingerprint density at radius 1 is 1.24 bits per heavy atom. The van der Waals surface area contributed by atoms with E-state index >= 15 is 0 Å². The molecule has 0 aromatic heterocycles. The Kier molecular flexibility index (Phi) is 3.43. The van der Waals surface area contributed by atoms with Crippen LogP contribution in [0, 0.1) is 26.7 Å². The molecule has 2 nitrogen and oxygen atoms in total. The number of hydrogen-bond acceptors (Lipinski definition) is 2. The van der Waals surface area contributed by atoms with Gasteiger partial charge in [0.1, 0.15) is 5.75 Å². The lowest BCUT2D eigenvalue weighted by Gasteiger charge is -2.21. The summed E-state index contributed by atoms with van der Waals surface area (Å²) in [5.74, 6) is 1.79. The molecule has 2 rings (SSSR count). The zero-order valence-electron chi connectivity index (χ0n) is 11.6. The van der Waals surface area contributed by atoms with E-state index in [4.69, 9.17) is 4.74 Å². The summed E-state index contributed by atoms with van der Waals surface area (Å²) in [4.78, 5) is 0. The first-order valence-corrected chi connectivity index (χ1v) is 6.42. The van der Waals surface area contributed by atoms with Gasteiger partial charge >= 0.3 is 0 Å². The minimum Gasteiger partial charge on any atom is -0.496 e. The number of rotatable bonds is 2. The molecule has 1 saturated heterocycles. The van der Waals surface area contributed by atoms with Crippen LogP contribution in [-0.4, -0.2) is 13.7 Å². The van der Waals surface area contributed by atoms with Crippen molar-refractivity contribution in [2.24, 2.45) is 5.92 Å². The molecule has 0 unspecified atom stereocenters. The Balaban J connectivity index is 2.44. The minimum atomic E-state index is 0.523. The number of ether oxygens (including phenoxy) is 1. The Morgan fingerprint density at radius 3 is 2.47 bits per heavy atom. The van der Waals surface area contributed by atoms with E-state index in [9.17, 15) is 0 Å². The molecule has 94 valence electrons. The average molecular weight is 233 g/mol. The van der Waals surface area contributed by atoms with Gasteiger partial charge in [-0.05, 0) is 68.0 Å². The molecule has 0 spiro atoms. The van der Waals surface area contributed by atoms with Crippen molar-refractivity contribution < 1.29 is 4.74 Å². The number of hydrogen-bond donors (Lipinski definition) is 1. The normalized spacial score (nSPS) is 24.1. The molecule has 2 atom stereocenters. The Morgan fingerprint density at radius 2 is 1.94 bits per heavy atom. The first-order valence-electron chi connectivity index (χ1n) is 6.42. The zero-order chi connectivity index (χ0) is 12.6. The van der Waals surface area contributed by atoms with Crippen LogP contribution in [0.3, 0.4) is 0 Å². The number of nitrogens with one attached hydrogen (secondary N) is 1. The topological polar surface area (TPSA) is 21.3 Å². The minimum absolute atomic E-state index is 0.523. The van der Waals surface area contributed by atoms with E-state index in [2.05, 4.69) is 39.1 Å². The van der Waals surface area contributed by atoms with Crippen molar-refractivity contribution in [2.75, 3.05) is 13.7 Å². The van der Waals surface area contributed by atoms with Crippen LogP contribution in [0.5, 0.6) is 5.75 Å². The van der Waals surface area contributed by atoms with Gasteiger partial charge in [0.25, 0.3) is 0 Å². The largest absolute Gasteiger partial charge is 0.496 e. The van der Waals surface area contributed by atoms with Crippen LogP contribution in [0.2, 0.25) is 0 Å². The third-order valence-corrected chi connectivity index (χ3v) is 4.03. The maximum atomic E-state index is 5.42. The van der Waals surface area contributed by atoms with Gasteiger partial charge in [-0.1, -0.05) is 6.92 Å². The predicted octanol–water partition coefficient (Wildman–Crippen LogP) is 3.29. The molecule has 2 heteroatoms. The van der Waals surface area contributed by atoms with Gasteiger partial charge in [-0.2, -0.15) is 0 Å². The van der Waals surface area contributed by atoms with Gasteiger partial charge in [-0.25, -0.2) is 0 Å². The Bertz CT molecular complexity index is 425. The van der Waals surface area contributed by atoms with Crippen LogP contribution in [0.15, 0.2) is 6.07 Å². The molecule has 1 aliphatic heterocycles. The van der Waals surface area contributed by atoms with Gasteiger partial charge in [0.2, 0.25) is 0 Å². The summed E-state index contributed by atoms with van der Waals surface area (Å²) >= 11 is 0. The maximum Gasteiger partial charge on any atom is 0.122 e. The van der Waals surface area contributed by atoms with Crippen molar-refractivity contribution in [1.82, 2.24) is 5.32 Å². The van der Waals surface area contributed by atoms with Crippen LogP contribution in [-0.2, 0) is 0 Å². The van der Waals surface area contributed by atoms with Crippen LogP contribution in [0.1, 0.15) is 41.6 Å². The summed E-state index contributed by atoms with van der Waals surface area (Å²) < 4.78 is 5.42. The number of aryl methyl sites for hydroxylation is 1. The standard InChI is InChI=1S/C15H23NO/c1-9-6-13(16-8-9)15-10(2)7-14(17-5)11(3)12(15)4/h7,9,13,16H,6,8H2,1-5H3/t9-,13-/m1/s1. The van der Waals surface area contributed by atoms with Crippen LogP contribution >= 0.6 is 0 Å². The first-order chi connectivity index (χ1) is 8.04. The molecule has 0 saturated carbocycles. The van der Waals surface area contributed by atoms with Gasteiger partial charge < -0.3 is 10.1 Å². The van der Waals surface area contributed by atoms with Gasteiger partial charge in [0.05, 0.1) is 7.11 Å². The second kappa shape index (κ2) is 4.69. The lowest BCUT2D eigenvalue weighted by Crippen LogP contribution is -2.16. The molecule has 1 fully saturated rings. The molecule has 1 aromatic carbocycles. The van der Waals surface area contributed by atoms with Crippen LogP contribution in [0.4, 0.5) is 0 Å². The molecule has 0 bridgehead atoms. The van der Waals surface area contributed by atoms with Crippen molar-refractivity contribution in [1.29, 1.82) is 0 Å². The fraction of sp³-hybridized carbons (Fsp3) is 0.600. The van der Waals surface area contributed by atoms with Crippen LogP contribution < -0.4 is 10.1 Å². The fourth-order valence-corrected chi connectivity index (χ4v) is 2.95. The zero-order valence-corrected chi connectivity index (χ0v) is 11.6. The highest BCUT2D eigenvalue weighted by Crippen LogP contribution is 2.35. The molecule has 0 aliphatic carbocycles. The van der Waals surface area contributed by atoms with Gasteiger partial charge in [-0.3, -0.25) is 0 Å². The number of benzene rings is 1. The Labute approximate surface area is 104 Å². The van der Waals surface area contributed by atoms with Gasteiger partial charge in [0.15, 0.2) is 0 Å². The third kappa shape index (κ3) is 2.19. The number of methoxy groups -OCH3 is 1. The summed E-state index contributed by atoms with van der Waals surface area (Å²) in [5.41, 5.74) is 5.48. The second-order valence-electron chi connectivity index (χ2n) is 5.36. The van der Waals surface area contributed by atoms with E-state index in [0.29, 0.717) is 6.04 Å². The van der Waals surface area contributed by atoms with Crippen molar-refractivity contribution in [3.05, 3.63) is 28.3 Å². The van der Waals surface area contributed by atoms with Crippen molar-refractivity contribution in [2.45, 2.75) is 40.2 Å². The van der Waals surface area contributed by atoms with Crippen molar-refractivity contribution in [3.8, 4) is 5.75 Å². The van der Waals surface area contributed by atoms with Gasteiger partial charge in [0, 0.05) is 6.04 Å². The average Bonchev–Trinajstić information content (AvgIpc) is 2.70. The molecule has 0 radical (unpaired) electrons. The molecule has 17 heavy (non-hydrogen) atoms. The second-order valence-corrected chi connectivity index (χ2v) is 5.36. The highest BCUT2D eigenvalue weighted by atomic mass is 16.5. The molecule has 1 heterocycles. The lowest BCUT2D eigenvalue weighted by molar-refractivity contribution is 0.410. The van der Waals surface area contributed by atoms with E-state index in [1.54, 1.807) is 7.11 Å². The fourth-order valence-electron chi connectivity index (χ4n) is 2.95. The molecular formula is C15H23NO. The van der Waals surface area contributed by atoms with Crippen molar-refractivity contribution in [3.63, 3.8) is 0 Å². The van der Waals surface area contributed by atoms with E-state index in [0.717, 1.165) is 18.2 Å². The predicted molar refractivity (Wildman–Crippen MR) is 71.7 cm³/mol. The maximum absolute atomic E-state index is 5.42. The summed E-state index contributed by atoms with van der Waals surface area (Å²) in [6.45, 7) is 10.00. The van der Waals surface area contributed by atoms with E-state index in [1.807, 2.05) is 0 Å². The molecule has 0 amide bonds. The van der Waals surface area contributed by atoms with E-state index in [1.165, 1.54) is 28.7 Å². The highest BCUT2D eigenvalue weighted by molar-refractivity contribution is 5.49. The third-order valence-electron chi connectivity index (χ3n) is 4.03. The Hall–Kier alpha value is -1.02. The first kappa shape index (κ1) is 12.4. The molecular weight excluding hydrogens is 210 g/mol. The van der Waals surface area contributed by atoms with E-state index < -0.39 is 0 Å². The highest BCUT2D eigenvalue weighted by Gasteiger charge is 2.25. The monoisotopic (exact) mass is 233 g/mol. The van der Waals surface area contributed by atoms with Gasteiger partial charge in [-0.15, -0.1) is 0 Å². The summed E-state index contributed by atoms with van der Waals surface area (Å²) in [6, 6.07) is 2.69. The molecule has 1 N–H and O–H groups in total.